The lowest BCUT2D eigenvalue weighted by Gasteiger charge is -2.12. The van der Waals surface area contributed by atoms with E-state index in [0.717, 1.165) is 17.5 Å². The summed E-state index contributed by atoms with van der Waals surface area (Å²) in [5, 5.41) is 15.0. The first kappa shape index (κ1) is 20.0. The smallest absolute Gasteiger partial charge is 0.334 e. The number of aromatic nitrogens is 2. The Hall–Kier alpha value is -3.72. The van der Waals surface area contributed by atoms with E-state index in [1.165, 1.54) is 0 Å². The summed E-state index contributed by atoms with van der Waals surface area (Å²) in [5.74, 6) is -0.652. The number of hydrogen-bond acceptors (Lipinski definition) is 7. The average Bonchev–Trinajstić information content (AvgIpc) is 2.69. The Kier molecular flexibility index (Phi) is 5.89. The molecule has 0 bridgehead atoms. The number of hydrazine groups is 1. The third-order valence-electron chi connectivity index (χ3n) is 4.12. The molecule has 3 N–H and O–H groups in total. The molecule has 1 heterocycles. The molecular weight excluding hydrogens is 396 g/mol. The van der Waals surface area contributed by atoms with Crippen molar-refractivity contribution in [1.29, 1.82) is 0 Å². The molecule has 0 aliphatic carbocycles. The van der Waals surface area contributed by atoms with E-state index in [9.17, 15) is 14.9 Å². The van der Waals surface area contributed by atoms with Crippen LogP contribution in [0, 0.1) is 24.0 Å². The van der Waals surface area contributed by atoms with Gasteiger partial charge >= 0.3 is 5.69 Å². The Morgan fingerprint density at radius 2 is 1.79 bits per heavy atom. The Balaban J connectivity index is 1.85. The molecule has 0 aliphatic heterocycles. The quantitative estimate of drug-likeness (QED) is 0.410. The molecule has 3 aromatic rings. The van der Waals surface area contributed by atoms with Crippen molar-refractivity contribution in [3.63, 3.8) is 0 Å². The van der Waals surface area contributed by atoms with Crippen molar-refractivity contribution in [2.24, 2.45) is 0 Å². The molecule has 9 nitrogen and oxygen atoms in total. The maximum absolute atomic E-state index is 12.3. The Morgan fingerprint density at radius 1 is 1.07 bits per heavy atom. The van der Waals surface area contributed by atoms with Crippen molar-refractivity contribution in [3.05, 3.63) is 80.6 Å². The van der Waals surface area contributed by atoms with Crippen molar-refractivity contribution in [2.75, 3.05) is 10.7 Å². The van der Waals surface area contributed by atoms with Crippen molar-refractivity contribution in [1.82, 2.24) is 15.4 Å². The van der Waals surface area contributed by atoms with Crippen LogP contribution in [0.2, 0.25) is 5.02 Å². The summed E-state index contributed by atoms with van der Waals surface area (Å²) in [7, 11) is 0. The minimum Gasteiger partial charge on any atom is -0.334 e. The number of amides is 1. The highest BCUT2D eigenvalue weighted by molar-refractivity contribution is 6.31. The van der Waals surface area contributed by atoms with E-state index >= 15 is 0 Å². The fourth-order valence-corrected chi connectivity index (χ4v) is 2.73. The van der Waals surface area contributed by atoms with Gasteiger partial charge in [0.15, 0.2) is 0 Å². The first-order chi connectivity index (χ1) is 13.9. The van der Waals surface area contributed by atoms with Crippen molar-refractivity contribution in [2.45, 2.75) is 13.8 Å². The normalized spacial score (nSPS) is 10.3. The molecule has 0 atom stereocenters. The third-order valence-corrected chi connectivity index (χ3v) is 4.53. The van der Waals surface area contributed by atoms with Crippen LogP contribution in [0.1, 0.15) is 21.5 Å². The van der Waals surface area contributed by atoms with Gasteiger partial charge in [0.25, 0.3) is 5.91 Å². The van der Waals surface area contributed by atoms with Crippen LogP contribution in [0.3, 0.4) is 0 Å². The third kappa shape index (κ3) is 4.58. The second-order valence-electron chi connectivity index (χ2n) is 6.16. The summed E-state index contributed by atoms with van der Waals surface area (Å²) in [6, 6.07) is 12.1. The van der Waals surface area contributed by atoms with Gasteiger partial charge in [-0.05, 0) is 43.2 Å². The first-order valence-corrected chi connectivity index (χ1v) is 8.89. The Bertz CT molecular complexity index is 1090. The number of halogens is 1. The summed E-state index contributed by atoms with van der Waals surface area (Å²) < 4.78 is 0. The minimum atomic E-state index is -0.639. The van der Waals surface area contributed by atoms with Crippen LogP contribution in [-0.4, -0.2) is 20.8 Å². The van der Waals surface area contributed by atoms with Gasteiger partial charge < -0.3 is 5.32 Å². The van der Waals surface area contributed by atoms with Gasteiger partial charge in [-0.2, -0.15) is 0 Å². The molecule has 0 saturated carbocycles. The maximum atomic E-state index is 12.3. The van der Waals surface area contributed by atoms with E-state index < -0.39 is 16.5 Å². The van der Waals surface area contributed by atoms with Gasteiger partial charge in [-0.25, -0.2) is 9.97 Å². The van der Waals surface area contributed by atoms with Gasteiger partial charge in [0.05, 0.1) is 4.92 Å². The first-order valence-electron chi connectivity index (χ1n) is 8.51. The van der Waals surface area contributed by atoms with Crippen LogP contribution in [0.4, 0.5) is 23.0 Å². The van der Waals surface area contributed by atoms with Gasteiger partial charge in [-0.15, -0.1) is 0 Å². The standard InChI is InChI=1S/C19H17ClN6O3/c1-11-5-3-4-6-14(11)19(27)25-24-18-16(26(28)29)17(21-10-22-18)23-13-8-7-12(2)15(20)9-13/h3-10H,1-2H3,(H,25,27)(H2,21,22,23,24). The van der Waals surface area contributed by atoms with Crippen LogP contribution >= 0.6 is 11.6 Å². The van der Waals surface area contributed by atoms with E-state index in [0.29, 0.717) is 16.3 Å². The molecule has 1 aromatic heterocycles. The van der Waals surface area contributed by atoms with Crippen LogP contribution in [0.25, 0.3) is 0 Å². The fraction of sp³-hybridized carbons (Fsp3) is 0.105. The number of carbonyl (C=O) groups is 1. The number of rotatable bonds is 6. The number of anilines is 3. The van der Waals surface area contributed by atoms with Crippen molar-refractivity contribution < 1.29 is 9.72 Å². The highest BCUT2D eigenvalue weighted by Crippen LogP contribution is 2.31. The lowest BCUT2D eigenvalue weighted by molar-refractivity contribution is -0.383. The van der Waals surface area contributed by atoms with E-state index in [1.54, 1.807) is 43.3 Å². The molecule has 0 saturated heterocycles. The van der Waals surface area contributed by atoms with Gasteiger partial charge in [-0.3, -0.25) is 25.8 Å². The molecule has 1 amide bonds. The molecule has 0 aliphatic rings. The lowest BCUT2D eigenvalue weighted by Crippen LogP contribution is -2.30. The van der Waals surface area contributed by atoms with Gasteiger partial charge in [0.2, 0.25) is 11.6 Å². The second-order valence-corrected chi connectivity index (χ2v) is 6.57. The summed E-state index contributed by atoms with van der Waals surface area (Å²) in [4.78, 5) is 31.2. The highest BCUT2D eigenvalue weighted by atomic mass is 35.5. The number of carbonyl (C=O) groups excluding carboxylic acids is 1. The zero-order valence-corrected chi connectivity index (χ0v) is 16.3. The molecule has 2 aromatic carbocycles. The minimum absolute atomic E-state index is 0.0439. The monoisotopic (exact) mass is 412 g/mol. The summed E-state index contributed by atoms with van der Waals surface area (Å²) in [6.07, 6.45) is 1.15. The SMILES string of the molecule is Cc1ccc(Nc2ncnc(NNC(=O)c3ccccc3C)c2[N+](=O)[O-])cc1Cl. The Labute approximate surface area is 171 Å². The predicted octanol–water partition coefficient (Wildman–Crippen LogP) is 4.16. The number of benzene rings is 2. The number of hydrogen-bond donors (Lipinski definition) is 3. The largest absolute Gasteiger partial charge is 0.355 e. The van der Waals surface area contributed by atoms with Crippen LogP contribution in [0.5, 0.6) is 0 Å². The molecule has 0 spiro atoms. The van der Waals surface area contributed by atoms with Crippen molar-refractivity contribution in [3.8, 4) is 0 Å². The molecule has 3 rings (SSSR count). The summed E-state index contributed by atoms with van der Waals surface area (Å²) >= 11 is 6.10. The van der Waals surface area contributed by atoms with E-state index in [2.05, 4.69) is 26.1 Å². The maximum Gasteiger partial charge on any atom is 0.355 e. The number of aryl methyl sites for hydroxylation is 2. The van der Waals surface area contributed by atoms with E-state index in [-0.39, 0.29) is 11.6 Å². The van der Waals surface area contributed by atoms with Crippen LogP contribution in [-0.2, 0) is 0 Å². The second kappa shape index (κ2) is 8.53. The predicted molar refractivity (Wildman–Crippen MR) is 110 cm³/mol. The summed E-state index contributed by atoms with van der Waals surface area (Å²) in [6.45, 7) is 3.63. The molecule has 0 fully saturated rings. The molecule has 29 heavy (non-hydrogen) atoms. The number of nitrogens with zero attached hydrogens (tertiary/aromatic N) is 3. The van der Waals surface area contributed by atoms with E-state index in [1.807, 2.05) is 13.0 Å². The fourth-order valence-electron chi connectivity index (χ4n) is 2.55. The van der Waals surface area contributed by atoms with Gasteiger partial charge in [0.1, 0.15) is 6.33 Å². The highest BCUT2D eigenvalue weighted by Gasteiger charge is 2.24. The van der Waals surface area contributed by atoms with Crippen LogP contribution < -0.4 is 16.2 Å². The van der Waals surface area contributed by atoms with Gasteiger partial charge in [-0.1, -0.05) is 35.9 Å². The van der Waals surface area contributed by atoms with E-state index in [4.69, 9.17) is 11.6 Å². The van der Waals surface area contributed by atoms with Gasteiger partial charge in [0, 0.05) is 16.3 Å². The van der Waals surface area contributed by atoms with Crippen LogP contribution in [0.15, 0.2) is 48.8 Å². The number of nitro groups is 1. The molecule has 10 heteroatoms. The molecule has 0 radical (unpaired) electrons. The zero-order chi connectivity index (χ0) is 21.0. The molecular formula is C19H17ClN6O3. The zero-order valence-electron chi connectivity index (χ0n) is 15.6. The van der Waals surface area contributed by atoms with Crippen molar-refractivity contribution >= 4 is 40.5 Å². The average molecular weight is 413 g/mol. The molecule has 0 unspecified atom stereocenters. The Morgan fingerprint density at radius 3 is 2.48 bits per heavy atom. The summed E-state index contributed by atoms with van der Waals surface area (Å²) in [5.41, 5.74) is 7.11. The lowest BCUT2D eigenvalue weighted by atomic mass is 10.1. The number of nitrogens with one attached hydrogen (secondary N) is 3. The topological polar surface area (TPSA) is 122 Å². The molecule has 148 valence electrons.